The second-order valence-corrected chi connectivity index (χ2v) is 5.87. The van der Waals surface area contributed by atoms with E-state index in [1.165, 1.54) is 39.2 Å². The zero-order valence-corrected chi connectivity index (χ0v) is 14.8. The number of nitrogens with one attached hydrogen (secondary N) is 1. The molecule has 0 unspecified atom stereocenters. The lowest BCUT2D eigenvalue weighted by Crippen LogP contribution is -2.20. The van der Waals surface area contributed by atoms with Crippen molar-refractivity contribution in [2.24, 2.45) is 0 Å². The summed E-state index contributed by atoms with van der Waals surface area (Å²) in [6.07, 6.45) is -4.60. The van der Waals surface area contributed by atoms with Crippen LogP contribution >= 0.6 is 0 Å². The summed E-state index contributed by atoms with van der Waals surface area (Å²) in [7, 11) is 1.33. The van der Waals surface area contributed by atoms with Crippen molar-refractivity contribution in [2.45, 2.75) is 33.0 Å². The Kier molecular flexibility index (Phi) is 5.77. The monoisotopic (exact) mass is 385 g/mol. The van der Waals surface area contributed by atoms with Crippen LogP contribution < -0.4 is 10.1 Å². The number of carboxylic acid groups (broad SMARTS) is 1. The quantitative estimate of drug-likeness (QED) is 0.798. The van der Waals surface area contributed by atoms with Gasteiger partial charge in [0, 0.05) is 11.3 Å². The van der Waals surface area contributed by atoms with Gasteiger partial charge in [0.1, 0.15) is 12.3 Å². The minimum absolute atomic E-state index is 0.00929. The third-order valence-electron chi connectivity index (χ3n) is 3.92. The predicted molar refractivity (Wildman–Crippen MR) is 90.0 cm³/mol. The first-order valence-corrected chi connectivity index (χ1v) is 7.82. The van der Waals surface area contributed by atoms with Crippen molar-refractivity contribution in [1.29, 1.82) is 0 Å². The summed E-state index contributed by atoms with van der Waals surface area (Å²) in [5, 5.41) is 15.4. The molecule has 10 heteroatoms. The Bertz CT molecular complexity index is 875. The van der Waals surface area contributed by atoms with Crippen LogP contribution in [0.2, 0.25) is 0 Å². The summed E-state index contributed by atoms with van der Waals surface area (Å²) >= 11 is 0. The van der Waals surface area contributed by atoms with Gasteiger partial charge >= 0.3 is 12.1 Å². The molecule has 27 heavy (non-hydrogen) atoms. The highest BCUT2D eigenvalue weighted by Crippen LogP contribution is 2.26. The second-order valence-electron chi connectivity index (χ2n) is 5.87. The third kappa shape index (κ3) is 4.99. The van der Waals surface area contributed by atoms with Crippen LogP contribution in [0.4, 0.5) is 18.9 Å². The van der Waals surface area contributed by atoms with Gasteiger partial charge in [0.05, 0.1) is 30.5 Å². The molecule has 1 amide bonds. The standard InChI is InChI=1S/C17H18F3N3O4/c1-9-12(10(2)23(22-9)8-17(18,19)20)7-15(24)21-13-5-4-11(16(25)26)6-14(13)27-3/h4-6H,7-8H2,1-3H3,(H,21,24)(H,25,26). The van der Waals surface area contributed by atoms with Crippen molar-refractivity contribution >= 4 is 17.6 Å². The zero-order chi connectivity index (χ0) is 20.4. The molecule has 0 radical (unpaired) electrons. The minimum Gasteiger partial charge on any atom is -0.495 e. The van der Waals surface area contributed by atoms with Crippen LogP contribution in [0, 0.1) is 13.8 Å². The number of amides is 1. The molecule has 0 aliphatic rings. The summed E-state index contributed by atoms with van der Waals surface area (Å²) in [5.74, 6) is -1.48. The Morgan fingerprint density at radius 2 is 1.96 bits per heavy atom. The van der Waals surface area contributed by atoms with Gasteiger partial charge in [-0.25, -0.2) is 4.79 Å². The number of carboxylic acids is 1. The first-order chi connectivity index (χ1) is 12.5. The van der Waals surface area contributed by atoms with Crippen molar-refractivity contribution in [3.63, 3.8) is 0 Å². The highest BCUT2D eigenvalue weighted by Gasteiger charge is 2.30. The summed E-state index contributed by atoms with van der Waals surface area (Å²) in [4.78, 5) is 23.3. The van der Waals surface area contributed by atoms with Crippen LogP contribution in [0.3, 0.4) is 0 Å². The van der Waals surface area contributed by atoms with E-state index in [-0.39, 0.29) is 29.1 Å². The van der Waals surface area contributed by atoms with Gasteiger partial charge in [0.15, 0.2) is 0 Å². The number of anilines is 1. The van der Waals surface area contributed by atoms with Crippen molar-refractivity contribution in [3.8, 4) is 5.75 Å². The Hall–Kier alpha value is -3.04. The van der Waals surface area contributed by atoms with Gasteiger partial charge in [-0.05, 0) is 32.0 Å². The number of methoxy groups -OCH3 is 1. The van der Waals surface area contributed by atoms with Crippen molar-refractivity contribution in [1.82, 2.24) is 9.78 Å². The number of aromatic nitrogens is 2. The van der Waals surface area contributed by atoms with E-state index in [1.54, 1.807) is 0 Å². The minimum atomic E-state index is -4.41. The number of carbonyl (C=O) groups is 2. The van der Waals surface area contributed by atoms with Crippen LogP contribution in [-0.2, 0) is 17.8 Å². The molecule has 0 saturated heterocycles. The Morgan fingerprint density at radius 3 is 2.52 bits per heavy atom. The van der Waals surface area contributed by atoms with E-state index in [0.29, 0.717) is 11.3 Å². The van der Waals surface area contributed by atoms with E-state index < -0.39 is 24.6 Å². The van der Waals surface area contributed by atoms with E-state index in [0.717, 1.165) is 4.68 Å². The SMILES string of the molecule is COc1cc(C(=O)O)ccc1NC(=O)Cc1c(C)nn(CC(F)(F)F)c1C. The fourth-order valence-electron chi connectivity index (χ4n) is 2.60. The number of halogens is 3. The maximum absolute atomic E-state index is 12.6. The van der Waals surface area contributed by atoms with Crippen LogP contribution in [0.25, 0.3) is 0 Å². The van der Waals surface area contributed by atoms with Crippen molar-refractivity contribution < 1.29 is 32.6 Å². The fourth-order valence-corrected chi connectivity index (χ4v) is 2.60. The maximum atomic E-state index is 12.6. The van der Waals surface area contributed by atoms with Crippen molar-refractivity contribution in [2.75, 3.05) is 12.4 Å². The largest absolute Gasteiger partial charge is 0.495 e. The number of benzene rings is 1. The molecular formula is C17H18F3N3O4. The fraction of sp³-hybridized carbons (Fsp3) is 0.353. The highest BCUT2D eigenvalue weighted by molar-refractivity contribution is 5.95. The normalized spacial score (nSPS) is 11.3. The molecule has 146 valence electrons. The number of carbonyl (C=O) groups excluding carboxylic acids is 1. The molecule has 0 aliphatic carbocycles. The highest BCUT2D eigenvalue weighted by atomic mass is 19.4. The number of hydrogen-bond acceptors (Lipinski definition) is 4. The number of alkyl halides is 3. The number of rotatable bonds is 6. The van der Waals surface area contributed by atoms with Crippen molar-refractivity contribution in [3.05, 3.63) is 40.7 Å². The maximum Gasteiger partial charge on any atom is 0.408 e. The molecule has 0 bridgehead atoms. The molecule has 1 aromatic carbocycles. The number of aryl methyl sites for hydroxylation is 1. The average Bonchev–Trinajstić information content (AvgIpc) is 2.80. The second kappa shape index (κ2) is 7.68. The number of hydrogen-bond donors (Lipinski definition) is 2. The number of aromatic carboxylic acids is 1. The van der Waals surface area contributed by atoms with Gasteiger partial charge in [0.25, 0.3) is 0 Å². The van der Waals surface area contributed by atoms with Gasteiger partial charge in [-0.15, -0.1) is 0 Å². The summed E-state index contributed by atoms with van der Waals surface area (Å²) in [6.45, 7) is 1.77. The van der Waals surface area contributed by atoms with E-state index in [1.807, 2.05) is 0 Å². The molecule has 0 aliphatic heterocycles. The third-order valence-corrected chi connectivity index (χ3v) is 3.92. The first-order valence-electron chi connectivity index (χ1n) is 7.82. The Labute approximate surface area is 152 Å². The van der Waals surface area contributed by atoms with Crippen LogP contribution in [0.15, 0.2) is 18.2 Å². The zero-order valence-electron chi connectivity index (χ0n) is 14.8. The Morgan fingerprint density at radius 1 is 1.30 bits per heavy atom. The number of ether oxygens (including phenoxy) is 1. The molecular weight excluding hydrogens is 367 g/mol. The molecule has 2 rings (SSSR count). The van der Waals surface area contributed by atoms with E-state index >= 15 is 0 Å². The van der Waals surface area contributed by atoms with Crippen LogP contribution in [-0.4, -0.2) is 40.0 Å². The van der Waals surface area contributed by atoms with Gasteiger partial charge in [-0.2, -0.15) is 18.3 Å². The summed E-state index contributed by atoms with van der Waals surface area (Å²) in [6, 6.07) is 3.95. The van der Waals surface area contributed by atoms with E-state index in [2.05, 4.69) is 10.4 Å². The summed E-state index contributed by atoms with van der Waals surface area (Å²) in [5.41, 5.74) is 1.24. The molecule has 0 saturated carbocycles. The molecule has 0 atom stereocenters. The van der Waals surface area contributed by atoms with E-state index in [9.17, 15) is 22.8 Å². The lowest BCUT2D eigenvalue weighted by molar-refractivity contribution is -0.143. The molecule has 0 spiro atoms. The predicted octanol–water partition coefficient (Wildman–Crippen LogP) is 2.95. The van der Waals surface area contributed by atoms with Gasteiger partial charge in [0.2, 0.25) is 5.91 Å². The smallest absolute Gasteiger partial charge is 0.408 e. The Balaban J connectivity index is 2.18. The first kappa shape index (κ1) is 20.3. The molecule has 7 nitrogen and oxygen atoms in total. The molecule has 1 heterocycles. The van der Waals surface area contributed by atoms with Crippen LogP contribution in [0.1, 0.15) is 27.3 Å². The molecule has 2 N–H and O–H groups in total. The topological polar surface area (TPSA) is 93.4 Å². The lowest BCUT2D eigenvalue weighted by atomic mass is 10.1. The van der Waals surface area contributed by atoms with Crippen LogP contribution in [0.5, 0.6) is 5.75 Å². The molecule has 2 aromatic rings. The lowest BCUT2D eigenvalue weighted by Gasteiger charge is -2.11. The molecule has 0 fully saturated rings. The average molecular weight is 385 g/mol. The van der Waals surface area contributed by atoms with Gasteiger partial charge in [-0.3, -0.25) is 9.48 Å². The number of nitrogens with zero attached hydrogens (tertiary/aromatic N) is 2. The van der Waals surface area contributed by atoms with E-state index in [4.69, 9.17) is 9.84 Å². The summed E-state index contributed by atoms with van der Waals surface area (Å²) < 4.78 is 43.7. The van der Waals surface area contributed by atoms with Gasteiger partial charge in [-0.1, -0.05) is 0 Å². The molecule has 1 aromatic heterocycles. The van der Waals surface area contributed by atoms with Gasteiger partial charge < -0.3 is 15.2 Å².